The van der Waals surface area contributed by atoms with Gasteiger partial charge in [-0.2, -0.15) is 0 Å². The number of nitrogens with two attached hydrogens (primary N) is 1. The summed E-state index contributed by atoms with van der Waals surface area (Å²) in [5, 5.41) is 0. The summed E-state index contributed by atoms with van der Waals surface area (Å²) in [6.45, 7) is 0. The Morgan fingerprint density at radius 3 is 2.38 bits per heavy atom. The van der Waals surface area contributed by atoms with Crippen molar-refractivity contribution in [1.82, 2.24) is 5.43 Å². The van der Waals surface area contributed by atoms with E-state index in [9.17, 15) is 8.78 Å². The van der Waals surface area contributed by atoms with Crippen LogP contribution in [0, 0.1) is 0 Å². The molecule has 0 aromatic heterocycles. The maximum absolute atomic E-state index is 12.7. The molecule has 1 unspecified atom stereocenters. The first-order valence-corrected chi connectivity index (χ1v) is 4.60. The summed E-state index contributed by atoms with van der Waals surface area (Å²) in [4.78, 5) is 0. The van der Waals surface area contributed by atoms with Crippen LogP contribution in [0.1, 0.15) is 11.6 Å². The fourth-order valence-corrected chi connectivity index (χ4v) is 1.37. The molecule has 1 aromatic carbocycles. The molecule has 0 radical (unpaired) electrons. The highest BCUT2D eigenvalue weighted by Crippen LogP contribution is 2.31. The zero-order valence-electron chi connectivity index (χ0n) is 9.04. The third-order valence-electron chi connectivity index (χ3n) is 2.21. The maximum atomic E-state index is 12.7. The number of alkyl halides is 2. The number of nitrogens with one attached hydrogen (secondary N) is 1. The molecular weight excluding hydrogens is 218 g/mol. The van der Waals surface area contributed by atoms with E-state index < -0.39 is 12.5 Å². The highest BCUT2D eigenvalue weighted by molar-refractivity contribution is 5.42. The number of benzene rings is 1. The van der Waals surface area contributed by atoms with E-state index in [1.807, 2.05) is 0 Å². The summed E-state index contributed by atoms with van der Waals surface area (Å²) in [6, 6.07) is 3.34. The Hall–Kier alpha value is -1.40. The van der Waals surface area contributed by atoms with Crippen LogP contribution in [0.5, 0.6) is 11.5 Å². The van der Waals surface area contributed by atoms with Gasteiger partial charge in [-0.25, -0.2) is 14.2 Å². The van der Waals surface area contributed by atoms with Gasteiger partial charge in [0.15, 0.2) is 0 Å². The summed E-state index contributed by atoms with van der Waals surface area (Å²) in [6.07, 6.45) is -2.62. The molecule has 4 nitrogen and oxygen atoms in total. The highest BCUT2D eigenvalue weighted by atomic mass is 19.3. The lowest BCUT2D eigenvalue weighted by atomic mass is 10.1. The Bertz CT molecular complexity index is 348. The molecule has 0 fully saturated rings. The van der Waals surface area contributed by atoms with Crippen molar-refractivity contribution in [3.63, 3.8) is 0 Å². The predicted octanol–water partition coefficient (Wildman–Crippen LogP) is 1.47. The van der Waals surface area contributed by atoms with Gasteiger partial charge in [-0.3, -0.25) is 5.84 Å². The third kappa shape index (κ3) is 2.59. The number of ether oxygens (including phenoxy) is 2. The van der Waals surface area contributed by atoms with Crippen LogP contribution in [0.2, 0.25) is 0 Å². The number of hydrogen-bond donors (Lipinski definition) is 2. The van der Waals surface area contributed by atoms with Gasteiger partial charge in [-0.15, -0.1) is 0 Å². The van der Waals surface area contributed by atoms with Crippen molar-refractivity contribution < 1.29 is 18.3 Å². The van der Waals surface area contributed by atoms with E-state index in [4.69, 9.17) is 15.3 Å². The van der Waals surface area contributed by atoms with E-state index in [2.05, 4.69) is 5.43 Å². The van der Waals surface area contributed by atoms with Crippen LogP contribution in [0.25, 0.3) is 0 Å². The van der Waals surface area contributed by atoms with Gasteiger partial charge >= 0.3 is 0 Å². The molecule has 0 heterocycles. The van der Waals surface area contributed by atoms with Gasteiger partial charge in [0, 0.05) is 11.6 Å². The van der Waals surface area contributed by atoms with Crippen molar-refractivity contribution in [2.45, 2.75) is 12.5 Å². The van der Waals surface area contributed by atoms with Crippen molar-refractivity contribution in [3.8, 4) is 11.5 Å². The maximum Gasteiger partial charge on any atom is 0.259 e. The molecule has 0 spiro atoms. The predicted molar refractivity (Wildman–Crippen MR) is 55.6 cm³/mol. The van der Waals surface area contributed by atoms with Crippen LogP contribution in [-0.4, -0.2) is 20.6 Å². The molecule has 1 atom stereocenters. The van der Waals surface area contributed by atoms with E-state index in [1.165, 1.54) is 26.4 Å². The van der Waals surface area contributed by atoms with Crippen LogP contribution in [0.15, 0.2) is 18.2 Å². The molecule has 0 saturated heterocycles. The largest absolute Gasteiger partial charge is 0.497 e. The number of hydrazine groups is 1. The Labute approximate surface area is 92.3 Å². The van der Waals surface area contributed by atoms with Crippen LogP contribution in [0.4, 0.5) is 8.78 Å². The summed E-state index contributed by atoms with van der Waals surface area (Å²) in [7, 11) is 2.89. The summed E-state index contributed by atoms with van der Waals surface area (Å²) in [5.74, 6) is 5.92. The zero-order valence-corrected chi connectivity index (χ0v) is 9.04. The first-order chi connectivity index (χ1) is 7.63. The SMILES string of the molecule is COc1ccc(C(NN)C(F)F)c(OC)c1. The molecule has 0 aliphatic rings. The molecule has 90 valence electrons. The van der Waals surface area contributed by atoms with Crippen LogP contribution >= 0.6 is 0 Å². The molecule has 0 aliphatic heterocycles. The van der Waals surface area contributed by atoms with Gasteiger partial charge in [0.2, 0.25) is 0 Å². The fourth-order valence-electron chi connectivity index (χ4n) is 1.37. The van der Waals surface area contributed by atoms with E-state index in [0.29, 0.717) is 17.1 Å². The topological polar surface area (TPSA) is 56.5 Å². The van der Waals surface area contributed by atoms with Gasteiger partial charge in [-0.05, 0) is 12.1 Å². The van der Waals surface area contributed by atoms with Gasteiger partial charge in [-0.1, -0.05) is 0 Å². The Balaban J connectivity index is 3.11. The summed E-state index contributed by atoms with van der Waals surface area (Å²) >= 11 is 0. The number of rotatable bonds is 5. The molecule has 6 heteroatoms. The van der Waals surface area contributed by atoms with Gasteiger partial charge < -0.3 is 9.47 Å². The van der Waals surface area contributed by atoms with Gasteiger partial charge in [0.05, 0.1) is 14.2 Å². The molecule has 0 bridgehead atoms. The van der Waals surface area contributed by atoms with Crippen LogP contribution in [-0.2, 0) is 0 Å². The Kier molecular flexibility index (Phi) is 4.45. The molecule has 0 aliphatic carbocycles. The zero-order chi connectivity index (χ0) is 12.1. The van der Waals surface area contributed by atoms with E-state index in [1.54, 1.807) is 6.07 Å². The molecule has 3 N–H and O–H groups in total. The van der Waals surface area contributed by atoms with Crippen LogP contribution in [0.3, 0.4) is 0 Å². The second kappa shape index (κ2) is 5.62. The lowest BCUT2D eigenvalue weighted by Crippen LogP contribution is -2.33. The average Bonchev–Trinajstić information content (AvgIpc) is 2.29. The molecule has 1 rings (SSSR count). The minimum absolute atomic E-state index is 0.292. The minimum Gasteiger partial charge on any atom is -0.497 e. The number of hydrogen-bond acceptors (Lipinski definition) is 4. The van der Waals surface area contributed by atoms with Crippen LogP contribution < -0.4 is 20.7 Å². The number of methoxy groups -OCH3 is 2. The lowest BCUT2D eigenvalue weighted by molar-refractivity contribution is 0.0972. The molecule has 0 saturated carbocycles. The van der Waals surface area contributed by atoms with Crippen molar-refractivity contribution in [2.75, 3.05) is 14.2 Å². The molecule has 0 amide bonds. The molecule has 16 heavy (non-hydrogen) atoms. The molecule has 1 aromatic rings. The first kappa shape index (κ1) is 12.7. The van der Waals surface area contributed by atoms with Crippen molar-refractivity contribution in [3.05, 3.63) is 23.8 Å². The Morgan fingerprint density at radius 1 is 1.25 bits per heavy atom. The average molecular weight is 232 g/mol. The summed E-state index contributed by atoms with van der Waals surface area (Å²) < 4.78 is 35.3. The van der Waals surface area contributed by atoms with Crippen molar-refractivity contribution in [1.29, 1.82) is 0 Å². The second-order valence-electron chi connectivity index (χ2n) is 3.09. The smallest absolute Gasteiger partial charge is 0.259 e. The van der Waals surface area contributed by atoms with Gasteiger partial charge in [0.1, 0.15) is 17.5 Å². The second-order valence-corrected chi connectivity index (χ2v) is 3.09. The van der Waals surface area contributed by atoms with E-state index in [0.717, 1.165) is 0 Å². The highest BCUT2D eigenvalue weighted by Gasteiger charge is 2.24. The lowest BCUT2D eigenvalue weighted by Gasteiger charge is -2.18. The first-order valence-electron chi connectivity index (χ1n) is 4.60. The monoisotopic (exact) mass is 232 g/mol. The summed E-state index contributed by atoms with van der Waals surface area (Å²) in [5.41, 5.74) is 2.35. The standard InChI is InChI=1S/C10H14F2N2O2/c1-15-6-3-4-7(8(5-6)16-2)9(14-13)10(11)12/h3-5,9-10,14H,13H2,1-2H3. The fraction of sp³-hybridized carbons (Fsp3) is 0.400. The van der Waals surface area contributed by atoms with E-state index >= 15 is 0 Å². The number of halogens is 2. The van der Waals surface area contributed by atoms with Crippen molar-refractivity contribution in [2.24, 2.45) is 5.84 Å². The van der Waals surface area contributed by atoms with Gasteiger partial charge in [0.25, 0.3) is 6.43 Å². The third-order valence-corrected chi connectivity index (χ3v) is 2.21. The quantitative estimate of drug-likeness (QED) is 0.596. The molecular formula is C10H14F2N2O2. The van der Waals surface area contributed by atoms with E-state index in [-0.39, 0.29) is 0 Å². The Morgan fingerprint density at radius 2 is 1.94 bits per heavy atom. The van der Waals surface area contributed by atoms with Crippen molar-refractivity contribution >= 4 is 0 Å². The normalized spacial score (nSPS) is 12.6. The minimum atomic E-state index is -2.62.